The zero-order valence-corrected chi connectivity index (χ0v) is 18.7. The maximum Gasteiger partial charge on any atom is 0.0636 e. The standard InChI is InChI=1S/C26H26Cl2N2/c1-17-7-6-14-29-25(17)18-15-19-12-13-20(16-18)30(19)26(21-8-2-4-10-23(21)27)22-9-3-5-11-24(22)28/h2-11,14,18-20,26H,12-13,15-16H2,1H3. The summed E-state index contributed by atoms with van der Waals surface area (Å²) in [4.78, 5) is 7.46. The summed E-state index contributed by atoms with van der Waals surface area (Å²) in [5, 5.41) is 1.62. The molecule has 30 heavy (non-hydrogen) atoms. The smallest absolute Gasteiger partial charge is 0.0636 e. The van der Waals surface area contributed by atoms with Gasteiger partial charge in [-0.1, -0.05) is 65.7 Å². The van der Waals surface area contributed by atoms with Gasteiger partial charge in [-0.05, 0) is 67.5 Å². The zero-order valence-electron chi connectivity index (χ0n) is 17.1. The van der Waals surface area contributed by atoms with E-state index < -0.39 is 0 Å². The van der Waals surface area contributed by atoms with E-state index in [1.165, 1.54) is 24.1 Å². The van der Waals surface area contributed by atoms with Crippen LogP contribution in [0.2, 0.25) is 10.0 Å². The van der Waals surface area contributed by atoms with Crippen LogP contribution in [0.25, 0.3) is 0 Å². The van der Waals surface area contributed by atoms with Gasteiger partial charge < -0.3 is 0 Å². The third-order valence-corrected chi connectivity index (χ3v) is 7.61. The normalized spacial score (nSPS) is 23.8. The first-order valence-electron chi connectivity index (χ1n) is 10.8. The third kappa shape index (κ3) is 3.56. The van der Waals surface area contributed by atoms with Crippen molar-refractivity contribution in [1.29, 1.82) is 0 Å². The summed E-state index contributed by atoms with van der Waals surface area (Å²) in [5.74, 6) is 0.526. The van der Waals surface area contributed by atoms with Gasteiger partial charge in [0.15, 0.2) is 0 Å². The number of piperidine rings is 1. The van der Waals surface area contributed by atoms with Crippen LogP contribution in [0.1, 0.15) is 60.0 Å². The molecule has 4 heteroatoms. The van der Waals surface area contributed by atoms with E-state index in [-0.39, 0.29) is 6.04 Å². The Hall–Kier alpha value is -1.87. The number of hydrogen-bond acceptors (Lipinski definition) is 2. The monoisotopic (exact) mass is 436 g/mol. The Balaban J connectivity index is 1.54. The van der Waals surface area contributed by atoms with Crippen LogP contribution in [-0.4, -0.2) is 22.0 Å². The average Bonchev–Trinajstić information content (AvgIpc) is 3.00. The lowest BCUT2D eigenvalue weighted by atomic mass is 9.83. The molecule has 2 aromatic carbocycles. The van der Waals surface area contributed by atoms with Gasteiger partial charge in [-0.25, -0.2) is 0 Å². The minimum absolute atomic E-state index is 0.0793. The molecular formula is C26H26Cl2N2. The summed E-state index contributed by atoms with van der Waals surface area (Å²) >= 11 is 13.4. The summed E-state index contributed by atoms with van der Waals surface area (Å²) in [7, 11) is 0. The van der Waals surface area contributed by atoms with Gasteiger partial charge in [-0.15, -0.1) is 0 Å². The van der Waals surface area contributed by atoms with Crippen molar-refractivity contribution in [2.24, 2.45) is 0 Å². The molecule has 2 atom stereocenters. The number of rotatable bonds is 4. The van der Waals surface area contributed by atoms with Crippen molar-refractivity contribution in [2.45, 2.75) is 56.7 Å². The first kappa shape index (κ1) is 20.1. The highest BCUT2D eigenvalue weighted by atomic mass is 35.5. The number of fused-ring (bicyclic) bond motifs is 2. The van der Waals surface area contributed by atoms with E-state index in [9.17, 15) is 0 Å². The molecule has 2 aliphatic rings. The maximum absolute atomic E-state index is 6.72. The first-order valence-corrected chi connectivity index (χ1v) is 11.6. The van der Waals surface area contributed by atoms with Gasteiger partial charge >= 0.3 is 0 Å². The number of halogens is 2. The number of aromatic nitrogens is 1. The summed E-state index contributed by atoms with van der Waals surface area (Å²) in [6.07, 6.45) is 6.66. The fraction of sp³-hybridized carbons (Fsp3) is 0.346. The highest BCUT2D eigenvalue weighted by Gasteiger charge is 2.46. The van der Waals surface area contributed by atoms with Crippen LogP contribution in [-0.2, 0) is 0 Å². The Labute approximate surface area is 188 Å². The minimum atomic E-state index is 0.0793. The maximum atomic E-state index is 6.72. The summed E-state index contributed by atoms with van der Waals surface area (Å²) < 4.78 is 0. The molecule has 0 aliphatic carbocycles. The van der Waals surface area contributed by atoms with Crippen molar-refractivity contribution in [1.82, 2.24) is 9.88 Å². The molecule has 2 unspecified atom stereocenters. The molecule has 2 saturated heterocycles. The van der Waals surface area contributed by atoms with Crippen molar-refractivity contribution in [3.63, 3.8) is 0 Å². The number of nitrogens with zero attached hydrogens (tertiary/aromatic N) is 2. The quantitative estimate of drug-likeness (QED) is 0.429. The van der Waals surface area contributed by atoms with E-state index in [2.05, 4.69) is 42.2 Å². The van der Waals surface area contributed by atoms with Gasteiger partial charge in [-0.3, -0.25) is 9.88 Å². The van der Waals surface area contributed by atoms with Gasteiger partial charge in [0.05, 0.1) is 6.04 Å². The van der Waals surface area contributed by atoms with E-state index in [1.807, 2.05) is 36.5 Å². The molecule has 0 amide bonds. The molecule has 3 heterocycles. The second-order valence-corrected chi connectivity index (χ2v) is 9.47. The molecule has 2 nitrogen and oxygen atoms in total. The van der Waals surface area contributed by atoms with Crippen molar-refractivity contribution in [3.05, 3.63) is 99.3 Å². The minimum Gasteiger partial charge on any atom is -0.286 e. The largest absolute Gasteiger partial charge is 0.286 e. The highest BCUT2D eigenvalue weighted by molar-refractivity contribution is 6.32. The number of pyridine rings is 1. The van der Waals surface area contributed by atoms with Gasteiger partial charge in [0, 0.05) is 39.9 Å². The fourth-order valence-electron chi connectivity index (χ4n) is 5.67. The molecule has 0 radical (unpaired) electrons. The molecule has 2 aliphatic heterocycles. The Kier molecular flexibility index (Phi) is 5.58. The number of benzene rings is 2. The number of hydrogen-bond donors (Lipinski definition) is 0. The van der Waals surface area contributed by atoms with E-state index >= 15 is 0 Å². The van der Waals surface area contributed by atoms with Crippen LogP contribution in [0.15, 0.2) is 66.9 Å². The molecule has 2 fully saturated rings. The van der Waals surface area contributed by atoms with Crippen LogP contribution in [0.5, 0.6) is 0 Å². The Bertz CT molecular complexity index is 991. The van der Waals surface area contributed by atoms with E-state index in [1.54, 1.807) is 0 Å². The lowest BCUT2D eigenvalue weighted by Crippen LogP contribution is -2.45. The lowest BCUT2D eigenvalue weighted by Gasteiger charge is -2.44. The molecular weight excluding hydrogens is 411 g/mol. The Morgan fingerprint density at radius 1 is 0.833 bits per heavy atom. The van der Waals surface area contributed by atoms with Crippen molar-refractivity contribution in [3.8, 4) is 0 Å². The summed E-state index contributed by atoms with van der Waals surface area (Å²) in [6.45, 7) is 2.19. The molecule has 154 valence electrons. The Morgan fingerprint density at radius 3 is 1.93 bits per heavy atom. The molecule has 1 aromatic heterocycles. The second-order valence-electron chi connectivity index (χ2n) is 8.65. The van der Waals surface area contributed by atoms with Gasteiger partial charge in [0.25, 0.3) is 0 Å². The zero-order chi connectivity index (χ0) is 20.7. The number of aryl methyl sites for hydroxylation is 1. The molecule has 3 aromatic rings. The SMILES string of the molecule is Cc1cccnc1C1CC2CCC(C1)N2C(c1ccccc1Cl)c1ccccc1Cl. The fourth-order valence-corrected chi connectivity index (χ4v) is 6.14. The van der Waals surface area contributed by atoms with Crippen LogP contribution in [0.4, 0.5) is 0 Å². The van der Waals surface area contributed by atoms with E-state index in [4.69, 9.17) is 28.2 Å². The topological polar surface area (TPSA) is 16.1 Å². The molecule has 0 spiro atoms. The van der Waals surface area contributed by atoms with E-state index in [0.717, 1.165) is 34.0 Å². The van der Waals surface area contributed by atoms with Gasteiger partial charge in [0.2, 0.25) is 0 Å². The third-order valence-electron chi connectivity index (χ3n) is 6.92. The lowest BCUT2D eigenvalue weighted by molar-refractivity contribution is 0.0925. The van der Waals surface area contributed by atoms with Crippen molar-refractivity contribution >= 4 is 23.2 Å². The molecule has 5 rings (SSSR count). The first-order chi connectivity index (χ1) is 14.6. The van der Waals surface area contributed by atoms with Gasteiger partial charge in [-0.2, -0.15) is 0 Å². The Morgan fingerprint density at radius 2 is 1.40 bits per heavy atom. The molecule has 0 saturated carbocycles. The van der Waals surface area contributed by atoms with Crippen molar-refractivity contribution < 1.29 is 0 Å². The van der Waals surface area contributed by atoms with Gasteiger partial charge in [0.1, 0.15) is 0 Å². The summed E-state index contributed by atoms with van der Waals surface area (Å²) in [5.41, 5.74) is 4.89. The average molecular weight is 437 g/mol. The van der Waals surface area contributed by atoms with E-state index in [0.29, 0.717) is 18.0 Å². The highest BCUT2D eigenvalue weighted by Crippen LogP contribution is 2.50. The molecule has 2 bridgehead atoms. The predicted octanol–water partition coefficient (Wildman–Crippen LogP) is 7.20. The van der Waals surface area contributed by atoms with Crippen LogP contribution in [0.3, 0.4) is 0 Å². The van der Waals surface area contributed by atoms with Crippen molar-refractivity contribution in [2.75, 3.05) is 0 Å². The second kappa shape index (κ2) is 8.34. The van der Waals surface area contributed by atoms with Crippen LogP contribution < -0.4 is 0 Å². The van der Waals surface area contributed by atoms with Crippen LogP contribution >= 0.6 is 23.2 Å². The molecule has 0 N–H and O–H groups in total. The summed E-state index contributed by atoms with van der Waals surface area (Å²) in [6, 6.07) is 21.8. The predicted molar refractivity (Wildman–Crippen MR) is 124 cm³/mol. The van der Waals surface area contributed by atoms with Crippen LogP contribution in [0, 0.1) is 6.92 Å².